The van der Waals surface area contributed by atoms with Crippen LogP contribution in [0.3, 0.4) is 0 Å². The minimum absolute atomic E-state index is 0.548. The number of hydrogen-bond acceptors (Lipinski definition) is 5. The van der Waals surface area contributed by atoms with Gasteiger partial charge in [-0.05, 0) is 50.3 Å². The largest absolute Gasteiger partial charge is 0.497 e. The lowest BCUT2D eigenvalue weighted by Gasteiger charge is -2.26. The molecule has 0 atom stereocenters. The van der Waals surface area contributed by atoms with Gasteiger partial charge in [0.05, 0.1) is 17.8 Å². The highest BCUT2D eigenvalue weighted by atomic mass is 35.5. The van der Waals surface area contributed by atoms with Crippen molar-refractivity contribution in [3.63, 3.8) is 0 Å². The number of ether oxygens (including phenoxy) is 1. The van der Waals surface area contributed by atoms with Crippen molar-refractivity contribution >= 4 is 28.9 Å². The maximum atomic E-state index is 6.48. The van der Waals surface area contributed by atoms with Crippen molar-refractivity contribution in [2.75, 3.05) is 30.8 Å². The van der Waals surface area contributed by atoms with Crippen LogP contribution >= 0.6 is 11.6 Å². The maximum absolute atomic E-state index is 6.48. The van der Waals surface area contributed by atoms with Gasteiger partial charge < -0.3 is 15.4 Å². The second-order valence-electron chi connectivity index (χ2n) is 7.48. The quantitative estimate of drug-likeness (QED) is 0.630. The molecule has 2 heterocycles. The Bertz CT molecular complexity index is 1010. The molecular weight excluding hydrogens is 374 g/mol. The van der Waals surface area contributed by atoms with Crippen molar-refractivity contribution in [2.24, 2.45) is 5.92 Å². The summed E-state index contributed by atoms with van der Waals surface area (Å²) in [5, 5.41) is 5.46. The Morgan fingerprint density at radius 1 is 1.32 bits per heavy atom. The van der Waals surface area contributed by atoms with Gasteiger partial charge >= 0.3 is 0 Å². The van der Waals surface area contributed by atoms with E-state index in [4.69, 9.17) is 27.2 Å². The Morgan fingerprint density at radius 2 is 2.11 bits per heavy atom. The number of rotatable bonds is 7. The first kappa shape index (κ1) is 18.9. The van der Waals surface area contributed by atoms with Crippen molar-refractivity contribution in [2.45, 2.75) is 33.1 Å². The Labute approximate surface area is 170 Å². The Kier molecular flexibility index (Phi) is 5.06. The van der Waals surface area contributed by atoms with Gasteiger partial charge in [-0.1, -0.05) is 18.5 Å². The highest BCUT2D eigenvalue weighted by molar-refractivity contribution is 6.33. The van der Waals surface area contributed by atoms with E-state index in [-0.39, 0.29) is 0 Å². The summed E-state index contributed by atoms with van der Waals surface area (Å²) in [5.74, 6) is 3.07. The van der Waals surface area contributed by atoms with E-state index in [1.54, 1.807) is 13.2 Å². The van der Waals surface area contributed by atoms with E-state index in [0.717, 1.165) is 59.5 Å². The average Bonchev–Trinajstić information content (AvgIpc) is 3.40. The van der Waals surface area contributed by atoms with Crippen LogP contribution in [0.5, 0.6) is 5.75 Å². The van der Waals surface area contributed by atoms with Crippen LogP contribution in [-0.2, 0) is 0 Å². The summed E-state index contributed by atoms with van der Waals surface area (Å²) in [7, 11) is 1.63. The second kappa shape index (κ2) is 7.51. The topological polar surface area (TPSA) is 68.7 Å². The lowest BCUT2D eigenvalue weighted by Crippen LogP contribution is -2.30. The number of hydrogen-bond donors (Lipinski definition) is 1. The fourth-order valence-electron chi connectivity index (χ4n) is 3.59. The van der Waals surface area contributed by atoms with E-state index in [9.17, 15) is 0 Å². The third kappa shape index (κ3) is 3.49. The predicted molar refractivity (Wildman–Crippen MR) is 114 cm³/mol. The molecule has 4 rings (SSSR count). The predicted octanol–water partition coefficient (Wildman–Crippen LogP) is 4.58. The SMILES string of the molecule is CCCN(CC1CC1)c1c(C)c(N)nc2cc(-c3ccc(OC)cc3Cl)nn12. The van der Waals surface area contributed by atoms with Gasteiger partial charge in [0.15, 0.2) is 5.65 Å². The monoisotopic (exact) mass is 399 g/mol. The summed E-state index contributed by atoms with van der Waals surface area (Å²) < 4.78 is 7.17. The number of aromatic nitrogens is 3. The molecule has 28 heavy (non-hydrogen) atoms. The number of nitrogen functional groups attached to an aromatic ring is 1. The fraction of sp³-hybridized carbons (Fsp3) is 0.429. The molecule has 6 nitrogen and oxygen atoms in total. The summed E-state index contributed by atoms with van der Waals surface area (Å²) in [4.78, 5) is 6.97. The summed E-state index contributed by atoms with van der Waals surface area (Å²) in [6, 6.07) is 7.54. The molecule has 0 amide bonds. The molecule has 2 aromatic heterocycles. The molecule has 148 valence electrons. The molecule has 0 bridgehead atoms. The van der Waals surface area contributed by atoms with E-state index in [2.05, 4.69) is 16.8 Å². The number of anilines is 2. The zero-order chi connectivity index (χ0) is 19.8. The van der Waals surface area contributed by atoms with Crippen LogP contribution in [0.25, 0.3) is 16.9 Å². The van der Waals surface area contributed by atoms with Gasteiger partial charge in [-0.25, -0.2) is 4.98 Å². The standard InChI is InChI=1S/C21H26ClN5O/c1-4-9-26(12-14-5-6-14)21-13(2)20(23)24-19-11-18(25-27(19)21)16-8-7-15(28-3)10-17(16)22/h7-8,10-11,14H,4-6,9,12H2,1-3H3,(H2,23,24). The Morgan fingerprint density at radius 3 is 2.75 bits per heavy atom. The summed E-state index contributed by atoms with van der Waals surface area (Å²) in [6.07, 6.45) is 3.66. The molecule has 0 aliphatic heterocycles. The maximum Gasteiger partial charge on any atom is 0.160 e. The van der Waals surface area contributed by atoms with E-state index >= 15 is 0 Å². The molecule has 0 saturated heterocycles. The minimum atomic E-state index is 0.548. The molecule has 1 aromatic carbocycles. The smallest absolute Gasteiger partial charge is 0.160 e. The number of fused-ring (bicyclic) bond motifs is 1. The van der Waals surface area contributed by atoms with Crippen molar-refractivity contribution in [1.82, 2.24) is 14.6 Å². The Hall–Kier alpha value is -2.47. The van der Waals surface area contributed by atoms with E-state index in [1.807, 2.05) is 29.6 Å². The van der Waals surface area contributed by atoms with Gasteiger partial charge in [-0.2, -0.15) is 9.61 Å². The Balaban J connectivity index is 1.84. The normalized spacial score (nSPS) is 13.9. The summed E-state index contributed by atoms with van der Waals surface area (Å²) >= 11 is 6.48. The van der Waals surface area contributed by atoms with E-state index < -0.39 is 0 Å². The number of nitrogens with two attached hydrogens (primary N) is 1. The zero-order valence-electron chi connectivity index (χ0n) is 16.6. The zero-order valence-corrected chi connectivity index (χ0v) is 17.3. The lowest BCUT2D eigenvalue weighted by atomic mass is 10.1. The summed E-state index contributed by atoms with van der Waals surface area (Å²) in [6.45, 7) is 6.22. The van der Waals surface area contributed by atoms with Gasteiger partial charge in [0.1, 0.15) is 17.4 Å². The number of halogens is 1. The molecule has 0 radical (unpaired) electrons. The first-order chi connectivity index (χ1) is 13.5. The third-order valence-electron chi connectivity index (χ3n) is 5.27. The molecule has 2 N–H and O–H groups in total. The molecule has 1 saturated carbocycles. The van der Waals surface area contributed by atoms with Gasteiger partial charge in [-0.3, -0.25) is 0 Å². The molecule has 1 aliphatic carbocycles. The van der Waals surface area contributed by atoms with Gasteiger partial charge in [0, 0.05) is 30.3 Å². The summed E-state index contributed by atoms with van der Waals surface area (Å²) in [5.41, 5.74) is 9.58. The third-order valence-corrected chi connectivity index (χ3v) is 5.58. The minimum Gasteiger partial charge on any atom is -0.497 e. The molecule has 0 unspecified atom stereocenters. The highest BCUT2D eigenvalue weighted by Crippen LogP contribution is 2.35. The number of nitrogens with zero attached hydrogens (tertiary/aromatic N) is 4. The van der Waals surface area contributed by atoms with Crippen LogP contribution < -0.4 is 15.4 Å². The first-order valence-corrected chi connectivity index (χ1v) is 10.1. The van der Waals surface area contributed by atoms with Crippen LogP contribution in [0.2, 0.25) is 5.02 Å². The molecule has 0 spiro atoms. The second-order valence-corrected chi connectivity index (χ2v) is 7.89. The molecule has 7 heteroatoms. The molecule has 3 aromatic rings. The number of benzene rings is 1. The average molecular weight is 400 g/mol. The van der Waals surface area contributed by atoms with Crippen LogP contribution in [0.15, 0.2) is 24.3 Å². The molecular formula is C21H26ClN5O. The van der Waals surface area contributed by atoms with Gasteiger partial charge in [0.25, 0.3) is 0 Å². The van der Waals surface area contributed by atoms with Crippen LogP contribution in [0, 0.1) is 12.8 Å². The lowest BCUT2D eigenvalue weighted by molar-refractivity contribution is 0.415. The van der Waals surface area contributed by atoms with Crippen molar-refractivity contribution in [3.05, 3.63) is 34.9 Å². The van der Waals surface area contributed by atoms with Gasteiger partial charge in [0.2, 0.25) is 0 Å². The van der Waals surface area contributed by atoms with Crippen LogP contribution in [-0.4, -0.2) is 34.8 Å². The fourth-order valence-corrected chi connectivity index (χ4v) is 3.85. The van der Waals surface area contributed by atoms with Gasteiger partial charge in [-0.15, -0.1) is 0 Å². The van der Waals surface area contributed by atoms with Crippen molar-refractivity contribution in [1.29, 1.82) is 0 Å². The van der Waals surface area contributed by atoms with E-state index in [0.29, 0.717) is 10.8 Å². The molecule has 1 aliphatic rings. The highest BCUT2D eigenvalue weighted by Gasteiger charge is 2.27. The first-order valence-electron chi connectivity index (χ1n) is 9.76. The van der Waals surface area contributed by atoms with Crippen LogP contribution in [0.1, 0.15) is 31.7 Å². The van der Waals surface area contributed by atoms with Crippen LogP contribution in [0.4, 0.5) is 11.6 Å². The van der Waals surface area contributed by atoms with Crippen molar-refractivity contribution in [3.8, 4) is 17.0 Å². The van der Waals surface area contributed by atoms with Crippen molar-refractivity contribution < 1.29 is 4.74 Å². The van der Waals surface area contributed by atoms with E-state index in [1.165, 1.54) is 12.8 Å². The molecule has 1 fully saturated rings. The number of methoxy groups -OCH3 is 1.